The normalized spacial score (nSPS) is 27.1. The van der Waals surface area contributed by atoms with Crippen molar-refractivity contribution in [1.82, 2.24) is 4.72 Å². The molecule has 0 spiro atoms. The van der Waals surface area contributed by atoms with Gasteiger partial charge in [-0.2, -0.15) is 0 Å². The highest BCUT2D eigenvalue weighted by atomic mass is 32.2. The molecule has 0 aromatic heterocycles. The van der Waals surface area contributed by atoms with E-state index in [9.17, 15) is 8.42 Å². The van der Waals surface area contributed by atoms with Crippen LogP contribution in [-0.4, -0.2) is 26.8 Å². The number of hydrogen-bond donors (Lipinski definition) is 2. The minimum Gasteiger partial charge on any atom is -0.328 e. The molecular formula is C12H26N2O2S. The first-order chi connectivity index (χ1) is 7.68. The Kier molecular flexibility index (Phi) is 4.98. The molecular weight excluding hydrogens is 236 g/mol. The van der Waals surface area contributed by atoms with Gasteiger partial charge >= 0.3 is 0 Å². The Hall–Kier alpha value is -0.130. The first kappa shape index (κ1) is 14.9. The van der Waals surface area contributed by atoms with Crippen molar-refractivity contribution in [3.05, 3.63) is 0 Å². The topological polar surface area (TPSA) is 72.2 Å². The Morgan fingerprint density at radius 2 is 1.71 bits per heavy atom. The molecule has 17 heavy (non-hydrogen) atoms. The number of nitrogens with one attached hydrogen (secondary N) is 1. The standard InChI is InChI=1S/C12H26N2O2S/c1-12(2,3)9-17(15,16)14-8-10-4-6-11(13)7-5-10/h10-11,14H,4-9,13H2,1-3H3. The van der Waals surface area contributed by atoms with Crippen LogP contribution >= 0.6 is 0 Å². The molecule has 102 valence electrons. The Labute approximate surface area is 105 Å². The Bertz CT molecular complexity index is 325. The lowest BCUT2D eigenvalue weighted by atomic mass is 9.87. The molecule has 0 aromatic carbocycles. The van der Waals surface area contributed by atoms with Gasteiger partial charge in [-0.3, -0.25) is 0 Å². The molecule has 0 heterocycles. The van der Waals surface area contributed by atoms with E-state index in [0.717, 1.165) is 25.7 Å². The molecule has 0 unspecified atom stereocenters. The average Bonchev–Trinajstić information content (AvgIpc) is 2.13. The maximum atomic E-state index is 11.8. The monoisotopic (exact) mass is 262 g/mol. The highest BCUT2D eigenvalue weighted by molar-refractivity contribution is 7.89. The molecule has 0 aromatic rings. The van der Waals surface area contributed by atoms with Gasteiger partial charge < -0.3 is 5.73 Å². The fourth-order valence-electron chi connectivity index (χ4n) is 2.26. The predicted octanol–water partition coefficient (Wildman–Crippen LogP) is 1.47. The van der Waals surface area contributed by atoms with Gasteiger partial charge in [0, 0.05) is 12.6 Å². The lowest BCUT2D eigenvalue weighted by Crippen LogP contribution is -2.37. The quantitative estimate of drug-likeness (QED) is 0.806. The van der Waals surface area contributed by atoms with E-state index in [1.54, 1.807) is 0 Å². The van der Waals surface area contributed by atoms with E-state index in [0.29, 0.717) is 18.5 Å². The largest absolute Gasteiger partial charge is 0.328 e. The summed E-state index contributed by atoms with van der Waals surface area (Å²) in [7, 11) is -3.13. The summed E-state index contributed by atoms with van der Waals surface area (Å²) in [5.41, 5.74) is 5.63. The van der Waals surface area contributed by atoms with Crippen LogP contribution in [0.15, 0.2) is 0 Å². The van der Waals surface area contributed by atoms with Gasteiger partial charge in [0.15, 0.2) is 0 Å². The summed E-state index contributed by atoms with van der Waals surface area (Å²) < 4.78 is 26.4. The van der Waals surface area contributed by atoms with Gasteiger partial charge in [-0.1, -0.05) is 20.8 Å². The summed E-state index contributed by atoms with van der Waals surface area (Å²) in [6.45, 7) is 6.38. The molecule has 1 aliphatic rings. The lowest BCUT2D eigenvalue weighted by Gasteiger charge is -2.26. The van der Waals surface area contributed by atoms with E-state index >= 15 is 0 Å². The van der Waals surface area contributed by atoms with Gasteiger partial charge in [0.2, 0.25) is 10.0 Å². The summed E-state index contributed by atoms with van der Waals surface area (Å²) in [6, 6.07) is 0.317. The van der Waals surface area contributed by atoms with E-state index in [1.807, 2.05) is 20.8 Å². The maximum Gasteiger partial charge on any atom is 0.212 e. The Balaban J connectivity index is 2.35. The van der Waals surface area contributed by atoms with Crippen molar-refractivity contribution in [1.29, 1.82) is 0 Å². The fourth-order valence-corrected chi connectivity index (χ4v) is 3.99. The molecule has 1 rings (SSSR count). The molecule has 0 atom stereocenters. The highest BCUT2D eigenvalue weighted by Crippen LogP contribution is 2.23. The minimum absolute atomic E-state index is 0.187. The molecule has 1 saturated carbocycles. The van der Waals surface area contributed by atoms with Gasteiger partial charge in [0.1, 0.15) is 0 Å². The summed E-state index contributed by atoms with van der Waals surface area (Å²) >= 11 is 0. The van der Waals surface area contributed by atoms with E-state index in [-0.39, 0.29) is 11.2 Å². The molecule has 3 N–H and O–H groups in total. The summed E-state index contributed by atoms with van der Waals surface area (Å²) in [6.07, 6.45) is 4.12. The summed E-state index contributed by atoms with van der Waals surface area (Å²) in [5.74, 6) is 0.649. The van der Waals surface area contributed by atoms with Crippen LogP contribution in [0.3, 0.4) is 0 Å². The van der Waals surface area contributed by atoms with Gasteiger partial charge in [-0.25, -0.2) is 13.1 Å². The smallest absolute Gasteiger partial charge is 0.212 e. The lowest BCUT2D eigenvalue weighted by molar-refractivity contribution is 0.325. The third-order valence-electron chi connectivity index (χ3n) is 3.11. The number of hydrogen-bond acceptors (Lipinski definition) is 3. The van der Waals surface area contributed by atoms with Crippen molar-refractivity contribution in [2.24, 2.45) is 17.1 Å². The molecule has 0 saturated heterocycles. The van der Waals surface area contributed by atoms with Crippen molar-refractivity contribution in [2.75, 3.05) is 12.3 Å². The zero-order valence-electron chi connectivity index (χ0n) is 11.2. The van der Waals surface area contributed by atoms with Crippen molar-refractivity contribution < 1.29 is 8.42 Å². The molecule has 0 amide bonds. The van der Waals surface area contributed by atoms with Gasteiger partial charge in [0.05, 0.1) is 5.75 Å². The van der Waals surface area contributed by atoms with Crippen LogP contribution in [0.4, 0.5) is 0 Å². The van der Waals surface area contributed by atoms with E-state index in [4.69, 9.17) is 5.73 Å². The third kappa shape index (κ3) is 6.38. The van der Waals surface area contributed by atoms with E-state index in [2.05, 4.69) is 4.72 Å². The molecule has 0 bridgehead atoms. The number of rotatable bonds is 4. The molecule has 1 aliphatic carbocycles. The Morgan fingerprint density at radius 1 is 1.18 bits per heavy atom. The van der Waals surface area contributed by atoms with Crippen molar-refractivity contribution in [2.45, 2.75) is 52.5 Å². The second-order valence-electron chi connectivity index (χ2n) is 6.45. The van der Waals surface area contributed by atoms with Crippen molar-refractivity contribution >= 4 is 10.0 Å². The summed E-state index contributed by atoms with van der Waals surface area (Å²) in [4.78, 5) is 0. The third-order valence-corrected chi connectivity index (χ3v) is 4.96. The second kappa shape index (κ2) is 5.67. The first-order valence-corrected chi connectivity index (χ1v) is 8.06. The molecule has 5 heteroatoms. The fraction of sp³-hybridized carbons (Fsp3) is 1.00. The van der Waals surface area contributed by atoms with Crippen LogP contribution < -0.4 is 10.5 Å². The van der Waals surface area contributed by atoms with Crippen LogP contribution in [0.2, 0.25) is 0 Å². The number of sulfonamides is 1. The van der Waals surface area contributed by atoms with Crippen LogP contribution in [-0.2, 0) is 10.0 Å². The van der Waals surface area contributed by atoms with Crippen molar-refractivity contribution in [3.63, 3.8) is 0 Å². The first-order valence-electron chi connectivity index (χ1n) is 6.41. The zero-order valence-corrected chi connectivity index (χ0v) is 12.0. The van der Waals surface area contributed by atoms with Crippen LogP contribution in [0.1, 0.15) is 46.5 Å². The second-order valence-corrected chi connectivity index (χ2v) is 8.26. The van der Waals surface area contributed by atoms with Crippen molar-refractivity contribution in [3.8, 4) is 0 Å². The molecule has 0 aliphatic heterocycles. The average molecular weight is 262 g/mol. The molecule has 0 radical (unpaired) electrons. The van der Waals surface area contributed by atoms with Gasteiger partial charge in [0.25, 0.3) is 0 Å². The molecule has 1 fully saturated rings. The van der Waals surface area contributed by atoms with Gasteiger partial charge in [-0.15, -0.1) is 0 Å². The van der Waals surface area contributed by atoms with Crippen LogP contribution in [0.5, 0.6) is 0 Å². The van der Waals surface area contributed by atoms with Crippen LogP contribution in [0.25, 0.3) is 0 Å². The van der Waals surface area contributed by atoms with E-state index in [1.165, 1.54) is 0 Å². The SMILES string of the molecule is CC(C)(C)CS(=O)(=O)NCC1CCC(N)CC1. The summed E-state index contributed by atoms with van der Waals surface area (Å²) in [5, 5.41) is 0. The number of nitrogens with two attached hydrogens (primary N) is 1. The van der Waals surface area contributed by atoms with Crippen LogP contribution in [0, 0.1) is 11.3 Å². The maximum absolute atomic E-state index is 11.8. The molecule has 4 nitrogen and oxygen atoms in total. The Morgan fingerprint density at radius 3 is 2.18 bits per heavy atom. The zero-order chi connectivity index (χ0) is 13.1. The van der Waals surface area contributed by atoms with E-state index < -0.39 is 10.0 Å². The van der Waals surface area contributed by atoms with Gasteiger partial charge in [-0.05, 0) is 37.0 Å². The predicted molar refractivity (Wildman–Crippen MR) is 71.2 cm³/mol. The highest BCUT2D eigenvalue weighted by Gasteiger charge is 2.24. The minimum atomic E-state index is -3.13.